The highest BCUT2D eigenvalue weighted by Gasteiger charge is 2.48. The molecule has 4 aromatic rings. The van der Waals surface area contributed by atoms with E-state index >= 15 is 0 Å². The minimum atomic E-state index is -4.47. The summed E-state index contributed by atoms with van der Waals surface area (Å²) in [5.74, 6) is 0.369. The van der Waals surface area contributed by atoms with Gasteiger partial charge < -0.3 is 19.3 Å². The second-order valence-electron chi connectivity index (χ2n) is 10.9. The van der Waals surface area contributed by atoms with Crippen LogP contribution >= 0.6 is 0 Å². The lowest BCUT2D eigenvalue weighted by molar-refractivity contribution is -0.137. The predicted molar refractivity (Wildman–Crippen MR) is 151 cm³/mol. The zero-order valence-electron chi connectivity index (χ0n) is 23.2. The maximum absolute atomic E-state index is 13.8. The number of nitrogens with zero attached hydrogens (tertiary/aromatic N) is 1. The SMILES string of the molecule is COc1c2ccc[nH]c2c(O[Si](C(C)C)(C(C)C)C(C)C)c2c(O)n(Cc3ccc(C(F)(F)F)cc3)c(=O)c12. The highest BCUT2D eigenvalue weighted by atomic mass is 28.4. The number of nitrogens with one attached hydrogen (secondary N) is 1. The summed E-state index contributed by atoms with van der Waals surface area (Å²) in [4.78, 5) is 17.1. The Morgan fingerprint density at radius 1 is 0.949 bits per heavy atom. The molecule has 0 saturated heterocycles. The Bertz CT molecular complexity index is 1530. The lowest BCUT2D eigenvalue weighted by atomic mass is 10.1. The lowest BCUT2D eigenvalue weighted by Gasteiger charge is -2.42. The largest absolute Gasteiger partial charge is 0.541 e. The number of methoxy groups -OCH3 is 1. The molecular weight excluding hydrogens is 525 g/mol. The number of aromatic hydroxyl groups is 1. The van der Waals surface area contributed by atoms with Crippen LogP contribution in [0.2, 0.25) is 16.6 Å². The Hall–Kier alpha value is -3.40. The van der Waals surface area contributed by atoms with Crippen LogP contribution in [0.15, 0.2) is 47.4 Å². The van der Waals surface area contributed by atoms with Gasteiger partial charge >= 0.3 is 6.18 Å². The Balaban J connectivity index is 2.03. The quantitative estimate of drug-likeness (QED) is 0.216. The normalized spacial score (nSPS) is 12.8. The molecule has 2 heterocycles. The number of fused-ring (bicyclic) bond motifs is 2. The molecule has 0 fully saturated rings. The fourth-order valence-electron chi connectivity index (χ4n) is 6.06. The molecule has 0 aliphatic rings. The van der Waals surface area contributed by atoms with E-state index in [9.17, 15) is 23.1 Å². The number of pyridine rings is 1. The van der Waals surface area contributed by atoms with E-state index in [0.29, 0.717) is 28.0 Å². The van der Waals surface area contributed by atoms with Gasteiger partial charge in [-0.1, -0.05) is 53.7 Å². The van der Waals surface area contributed by atoms with Crippen LogP contribution in [0, 0.1) is 0 Å². The molecule has 10 heteroatoms. The second kappa shape index (κ2) is 10.3. The average Bonchev–Trinajstić information content (AvgIpc) is 3.11. The molecule has 2 aromatic heterocycles. The zero-order valence-corrected chi connectivity index (χ0v) is 24.2. The van der Waals surface area contributed by atoms with Crippen LogP contribution in [-0.4, -0.2) is 30.1 Å². The standard InChI is InChI=1S/C29H35F3N2O4Si/c1-16(2)39(17(3)4,18(5)6)38-26-23-22(25(37-7)21-9-8-14-33-24(21)26)27(35)34(28(23)36)15-19-10-12-20(13-11-19)29(30,31)32/h8-14,16-18,33,36H,15H2,1-7H3. The van der Waals surface area contributed by atoms with Crippen molar-refractivity contribution in [3.63, 3.8) is 0 Å². The maximum Gasteiger partial charge on any atom is 0.416 e. The van der Waals surface area contributed by atoms with Gasteiger partial charge in [0.2, 0.25) is 5.88 Å². The van der Waals surface area contributed by atoms with Gasteiger partial charge in [0, 0.05) is 11.6 Å². The van der Waals surface area contributed by atoms with Gasteiger partial charge in [-0.2, -0.15) is 13.2 Å². The summed E-state index contributed by atoms with van der Waals surface area (Å²) in [7, 11) is -1.09. The Kier molecular flexibility index (Phi) is 7.55. The van der Waals surface area contributed by atoms with Crippen LogP contribution in [0.5, 0.6) is 17.4 Å². The first-order valence-electron chi connectivity index (χ1n) is 13.0. The first kappa shape index (κ1) is 28.6. The van der Waals surface area contributed by atoms with Crippen molar-refractivity contribution in [2.24, 2.45) is 0 Å². The number of aromatic nitrogens is 2. The average molecular weight is 561 g/mol. The van der Waals surface area contributed by atoms with Gasteiger partial charge in [0.05, 0.1) is 35.5 Å². The first-order chi connectivity index (χ1) is 18.2. The van der Waals surface area contributed by atoms with E-state index in [0.717, 1.165) is 16.7 Å². The van der Waals surface area contributed by atoms with Crippen molar-refractivity contribution in [2.75, 3.05) is 7.11 Å². The molecule has 0 atom stereocenters. The second-order valence-corrected chi connectivity index (χ2v) is 16.3. The van der Waals surface area contributed by atoms with Crippen molar-refractivity contribution in [1.82, 2.24) is 9.55 Å². The third-order valence-corrected chi connectivity index (χ3v) is 13.8. The van der Waals surface area contributed by atoms with Crippen LogP contribution < -0.4 is 14.7 Å². The minimum absolute atomic E-state index is 0.124. The Labute approximate surface area is 226 Å². The summed E-state index contributed by atoms with van der Waals surface area (Å²) in [5.41, 5.74) is 0.392. The van der Waals surface area contributed by atoms with Crippen molar-refractivity contribution < 1.29 is 27.4 Å². The number of halogens is 3. The summed E-state index contributed by atoms with van der Waals surface area (Å²) >= 11 is 0. The molecule has 2 N–H and O–H groups in total. The molecule has 210 valence electrons. The maximum atomic E-state index is 13.8. The number of benzene rings is 2. The van der Waals surface area contributed by atoms with Crippen LogP contribution in [-0.2, 0) is 12.7 Å². The van der Waals surface area contributed by atoms with E-state index in [2.05, 4.69) is 46.5 Å². The minimum Gasteiger partial charge on any atom is -0.541 e. The van der Waals surface area contributed by atoms with E-state index in [1.54, 1.807) is 12.3 Å². The van der Waals surface area contributed by atoms with Crippen LogP contribution in [0.3, 0.4) is 0 Å². The van der Waals surface area contributed by atoms with E-state index in [1.807, 2.05) is 6.07 Å². The number of hydrogen-bond donors (Lipinski definition) is 2. The topological polar surface area (TPSA) is 76.5 Å². The zero-order chi connectivity index (χ0) is 28.9. The van der Waals surface area contributed by atoms with Crippen molar-refractivity contribution in [3.8, 4) is 17.4 Å². The van der Waals surface area contributed by atoms with Crippen molar-refractivity contribution in [3.05, 3.63) is 64.1 Å². The van der Waals surface area contributed by atoms with Crippen LogP contribution in [0.25, 0.3) is 21.7 Å². The van der Waals surface area contributed by atoms with E-state index in [4.69, 9.17) is 9.16 Å². The van der Waals surface area contributed by atoms with E-state index < -0.39 is 25.6 Å². The molecular formula is C29H35F3N2O4Si. The van der Waals surface area contributed by atoms with Crippen molar-refractivity contribution in [2.45, 2.75) is 70.9 Å². The van der Waals surface area contributed by atoms with Crippen LogP contribution in [0.4, 0.5) is 13.2 Å². The molecule has 0 bridgehead atoms. The highest BCUT2D eigenvalue weighted by Crippen LogP contribution is 2.50. The number of aromatic amines is 1. The Morgan fingerprint density at radius 2 is 1.54 bits per heavy atom. The van der Waals surface area contributed by atoms with Crippen molar-refractivity contribution >= 4 is 30.0 Å². The Morgan fingerprint density at radius 3 is 2.05 bits per heavy atom. The van der Waals surface area contributed by atoms with Gasteiger partial charge in [0.25, 0.3) is 13.9 Å². The molecule has 0 radical (unpaired) electrons. The smallest absolute Gasteiger partial charge is 0.416 e. The van der Waals surface area contributed by atoms with E-state index in [1.165, 1.54) is 19.2 Å². The molecule has 0 unspecified atom stereocenters. The molecule has 0 aliphatic heterocycles. The molecule has 2 aromatic carbocycles. The number of hydrogen-bond acceptors (Lipinski definition) is 4. The number of rotatable bonds is 8. The molecule has 0 amide bonds. The number of H-pyrrole nitrogens is 1. The van der Waals surface area contributed by atoms with Crippen LogP contribution in [0.1, 0.15) is 52.7 Å². The molecule has 0 aliphatic carbocycles. The molecule has 0 saturated carbocycles. The summed E-state index contributed by atoms with van der Waals surface area (Å²) in [6.07, 6.45) is -2.72. The van der Waals surface area contributed by atoms with Gasteiger partial charge in [-0.25, -0.2) is 0 Å². The summed E-state index contributed by atoms with van der Waals surface area (Å²) < 4.78 is 53.1. The van der Waals surface area contributed by atoms with Gasteiger partial charge in [0.1, 0.15) is 11.5 Å². The summed E-state index contributed by atoms with van der Waals surface area (Å²) in [6.45, 7) is 12.8. The van der Waals surface area contributed by atoms with Gasteiger partial charge in [-0.15, -0.1) is 0 Å². The highest BCUT2D eigenvalue weighted by molar-refractivity contribution is 6.78. The van der Waals surface area contributed by atoms with Crippen molar-refractivity contribution in [1.29, 1.82) is 0 Å². The number of alkyl halides is 3. The monoisotopic (exact) mass is 560 g/mol. The summed E-state index contributed by atoms with van der Waals surface area (Å²) in [5, 5.41) is 12.6. The number of ether oxygens (including phenoxy) is 1. The summed E-state index contributed by atoms with van der Waals surface area (Å²) in [6, 6.07) is 8.16. The third-order valence-electron chi connectivity index (χ3n) is 7.78. The molecule has 0 spiro atoms. The fraction of sp³-hybridized carbons (Fsp3) is 0.414. The predicted octanol–water partition coefficient (Wildman–Crippen LogP) is 7.82. The molecule has 6 nitrogen and oxygen atoms in total. The van der Waals surface area contributed by atoms with Gasteiger partial charge in [-0.3, -0.25) is 9.36 Å². The fourth-order valence-corrected chi connectivity index (χ4v) is 11.3. The van der Waals surface area contributed by atoms with Gasteiger partial charge in [-0.05, 0) is 46.5 Å². The molecule has 4 rings (SSSR count). The first-order valence-corrected chi connectivity index (χ1v) is 15.2. The van der Waals surface area contributed by atoms with Gasteiger partial charge in [0.15, 0.2) is 0 Å². The lowest BCUT2D eigenvalue weighted by Crippen LogP contribution is -2.50. The third kappa shape index (κ3) is 4.68. The molecule has 39 heavy (non-hydrogen) atoms. The van der Waals surface area contributed by atoms with E-state index in [-0.39, 0.29) is 39.8 Å².